The van der Waals surface area contributed by atoms with E-state index in [0.717, 1.165) is 37.0 Å². The van der Waals surface area contributed by atoms with Gasteiger partial charge in [-0.2, -0.15) is 0 Å². The fourth-order valence-electron chi connectivity index (χ4n) is 5.22. The molecule has 2 saturated heterocycles. The molecule has 26 heavy (non-hydrogen) atoms. The van der Waals surface area contributed by atoms with Crippen LogP contribution in [0.5, 0.6) is 0 Å². The van der Waals surface area contributed by atoms with Crippen molar-refractivity contribution >= 4 is 22.7 Å². The van der Waals surface area contributed by atoms with Gasteiger partial charge in [0.15, 0.2) is 0 Å². The van der Waals surface area contributed by atoms with E-state index in [1.807, 2.05) is 21.9 Å². The number of fused-ring (bicyclic) bond motifs is 5. The molecule has 3 aliphatic rings. The average Bonchev–Trinajstić information content (AvgIpc) is 3.24. The average molecular weight is 351 g/mol. The second-order valence-electron chi connectivity index (χ2n) is 8.36. The summed E-state index contributed by atoms with van der Waals surface area (Å²) < 4.78 is 0. The number of rotatable bonds is 2. The molecule has 0 unspecified atom stereocenters. The third-order valence-electron chi connectivity index (χ3n) is 6.30. The molecule has 1 aromatic carbocycles. The summed E-state index contributed by atoms with van der Waals surface area (Å²) in [6, 6.07) is 7.68. The molecule has 1 N–H and O–H groups in total. The van der Waals surface area contributed by atoms with Crippen molar-refractivity contribution in [3.63, 3.8) is 0 Å². The van der Waals surface area contributed by atoms with Gasteiger partial charge in [0, 0.05) is 29.6 Å². The van der Waals surface area contributed by atoms with Crippen molar-refractivity contribution in [1.82, 2.24) is 14.8 Å². The molecule has 5 heteroatoms. The standard InChI is InChI=1S/C21H25N3O2/c1-12(2)10-17-19-14(13-6-3-4-7-15(13)22-19)11-18-20(25)23-9-5-8-16(23)21(26)24(17)18/h3-4,6-7,12,16-18,22H,5,8-11H2,1-2H3/t16-,17-,18-/m0/s1. The highest BCUT2D eigenvalue weighted by molar-refractivity contribution is 5.99. The maximum absolute atomic E-state index is 13.3. The third kappa shape index (κ3) is 2.09. The van der Waals surface area contributed by atoms with Gasteiger partial charge in [0.05, 0.1) is 6.04 Å². The van der Waals surface area contributed by atoms with Crippen molar-refractivity contribution in [1.29, 1.82) is 0 Å². The van der Waals surface area contributed by atoms with Crippen LogP contribution in [0, 0.1) is 5.92 Å². The van der Waals surface area contributed by atoms with Crippen molar-refractivity contribution in [2.24, 2.45) is 5.92 Å². The normalized spacial score (nSPS) is 27.9. The quantitative estimate of drug-likeness (QED) is 0.904. The molecular formula is C21H25N3O2. The van der Waals surface area contributed by atoms with Gasteiger partial charge in [-0.1, -0.05) is 32.0 Å². The fourth-order valence-corrected chi connectivity index (χ4v) is 5.22. The minimum Gasteiger partial charge on any atom is -0.356 e. The zero-order chi connectivity index (χ0) is 18.0. The van der Waals surface area contributed by atoms with Crippen molar-refractivity contribution in [3.05, 3.63) is 35.5 Å². The lowest BCUT2D eigenvalue weighted by Crippen LogP contribution is -2.65. The highest BCUT2D eigenvalue weighted by Crippen LogP contribution is 2.43. The first kappa shape index (κ1) is 15.9. The van der Waals surface area contributed by atoms with Crippen LogP contribution in [0.3, 0.4) is 0 Å². The SMILES string of the molecule is CC(C)C[C@H]1c2[nH]c3ccccc3c2C[C@H]2C(=O)N3CCC[C@H]3C(=O)N21. The Morgan fingerprint density at radius 3 is 2.77 bits per heavy atom. The Balaban J connectivity index is 1.68. The van der Waals surface area contributed by atoms with Gasteiger partial charge in [-0.3, -0.25) is 9.59 Å². The molecule has 0 bridgehead atoms. The van der Waals surface area contributed by atoms with E-state index < -0.39 is 0 Å². The van der Waals surface area contributed by atoms with Crippen LogP contribution in [0.15, 0.2) is 24.3 Å². The van der Waals surface area contributed by atoms with E-state index >= 15 is 0 Å². The first-order valence-corrected chi connectivity index (χ1v) is 9.78. The van der Waals surface area contributed by atoms with E-state index in [1.165, 1.54) is 10.9 Å². The summed E-state index contributed by atoms with van der Waals surface area (Å²) in [5.74, 6) is 0.751. The molecule has 4 heterocycles. The van der Waals surface area contributed by atoms with E-state index in [9.17, 15) is 9.59 Å². The molecule has 0 saturated carbocycles. The minimum absolute atomic E-state index is 0.0321. The van der Waals surface area contributed by atoms with Gasteiger partial charge in [-0.25, -0.2) is 0 Å². The Morgan fingerprint density at radius 2 is 1.96 bits per heavy atom. The van der Waals surface area contributed by atoms with Crippen LogP contribution in [0.1, 0.15) is 50.4 Å². The van der Waals surface area contributed by atoms with Crippen LogP contribution in [0.4, 0.5) is 0 Å². The molecule has 3 aliphatic heterocycles. The fraction of sp³-hybridized carbons (Fsp3) is 0.524. The van der Waals surface area contributed by atoms with Gasteiger partial charge in [0.2, 0.25) is 11.8 Å². The summed E-state index contributed by atoms with van der Waals surface area (Å²) in [5, 5.41) is 1.19. The van der Waals surface area contributed by atoms with Gasteiger partial charge < -0.3 is 14.8 Å². The summed E-state index contributed by atoms with van der Waals surface area (Å²) in [7, 11) is 0. The minimum atomic E-state index is -0.340. The highest BCUT2D eigenvalue weighted by Gasteiger charge is 2.52. The molecule has 3 atom stereocenters. The lowest BCUT2D eigenvalue weighted by Gasteiger charge is -2.48. The van der Waals surface area contributed by atoms with Gasteiger partial charge in [-0.05, 0) is 36.8 Å². The van der Waals surface area contributed by atoms with E-state index in [0.29, 0.717) is 12.3 Å². The third-order valence-corrected chi connectivity index (χ3v) is 6.30. The number of piperazine rings is 1. The molecule has 136 valence electrons. The predicted molar refractivity (Wildman–Crippen MR) is 99.6 cm³/mol. The van der Waals surface area contributed by atoms with Crippen LogP contribution in [0.25, 0.3) is 10.9 Å². The number of nitrogens with one attached hydrogen (secondary N) is 1. The van der Waals surface area contributed by atoms with Crippen molar-refractivity contribution in [2.45, 2.75) is 57.7 Å². The van der Waals surface area contributed by atoms with Crippen molar-refractivity contribution in [3.8, 4) is 0 Å². The number of carbonyl (C=O) groups excluding carboxylic acids is 2. The van der Waals surface area contributed by atoms with Gasteiger partial charge in [0.25, 0.3) is 0 Å². The van der Waals surface area contributed by atoms with Crippen LogP contribution in [-0.4, -0.2) is 45.2 Å². The first-order valence-electron chi connectivity index (χ1n) is 9.78. The molecule has 5 rings (SSSR count). The van der Waals surface area contributed by atoms with E-state index in [1.54, 1.807) is 0 Å². The molecule has 0 spiro atoms. The molecule has 0 aliphatic carbocycles. The maximum atomic E-state index is 13.3. The molecule has 2 aromatic rings. The molecule has 1 aromatic heterocycles. The number of H-pyrrole nitrogens is 1. The Bertz CT molecular complexity index is 900. The maximum Gasteiger partial charge on any atom is 0.246 e. The van der Waals surface area contributed by atoms with Crippen LogP contribution in [-0.2, 0) is 16.0 Å². The van der Waals surface area contributed by atoms with E-state index in [2.05, 4.69) is 31.0 Å². The zero-order valence-corrected chi connectivity index (χ0v) is 15.4. The first-order chi connectivity index (χ1) is 12.6. The second kappa shape index (κ2) is 5.60. The monoisotopic (exact) mass is 351 g/mol. The lowest BCUT2D eigenvalue weighted by atomic mass is 9.85. The molecule has 2 fully saturated rings. The molecule has 5 nitrogen and oxygen atoms in total. The van der Waals surface area contributed by atoms with Crippen LogP contribution < -0.4 is 0 Å². The number of carbonyl (C=O) groups is 2. The second-order valence-corrected chi connectivity index (χ2v) is 8.36. The van der Waals surface area contributed by atoms with Gasteiger partial charge >= 0.3 is 0 Å². The van der Waals surface area contributed by atoms with Crippen molar-refractivity contribution < 1.29 is 9.59 Å². The van der Waals surface area contributed by atoms with Gasteiger partial charge in [-0.15, -0.1) is 0 Å². The highest BCUT2D eigenvalue weighted by atomic mass is 16.2. The van der Waals surface area contributed by atoms with Gasteiger partial charge in [0.1, 0.15) is 12.1 Å². The summed E-state index contributed by atoms with van der Waals surface area (Å²) in [4.78, 5) is 33.9. The number of benzene rings is 1. The zero-order valence-electron chi connectivity index (χ0n) is 15.4. The Labute approximate surface area is 153 Å². The Morgan fingerprint density at radius 1 is 1.15 bits per heavy atom. The van der Waals surface area contributed by atoms with E-state index in [4.69, 9.17) is 0 Å². The summed E-state index contributed by atoms with van der Waals surface area (Å²) in [6.45, 7) is 5.10. The Hall–Kier alpha value is -2.30. The Kier molecular flexibility index (Phi) is 3.43. The largest absolute Gasteiger partial charge is 0.356 e. The van der Waals surface area contributed by atoms with Crippen molar-refractivity contribution in [2.75, 3.05) is 6.54 Å². The van der Waals surface area contributed by atoms with E-state index in [-0.39, 0.29) is 29.9 Å². The topological polar surface area (TPSA) is 56.4 Å². The summed E-state index contributed by atoms with van der Waals surface area (Å²) in [5.41, 5.74) is 3.47. The number of hydrogen-bond acceptors (Lipinski definition) is 2. The lowest BCUT2D eigenvalue weighted by molar-refractivity contribution is -0.163. The number of amides is 2. The number of aromatic nitrogens is 1. The molecule has 2 amide bonds. The smallest absolute Gasteiger partial charge is 0.246 e. The van der Waals surface area contributed by atoms with Crippen LogP contribution in [0.2, 0.25) is 0 Å². The number of hydrogen-bond donors (Lipinski definition) is 1. The molecular weight excluding hydrogens is 326 g/mol. The number of nitrogens with zero attached hydrogens (tertiary/aromatic N) is 2. The predicted octanol–water partition coefficient (Wildman–Crippen LogP) is 3.01. The number of para-hydroxylation sites is 1. The number of aromatic amines is 1. The molecule has 0 radical (unpaired) electrons. The van der Waals surface area contributed by atoms with Crippen LogP contribution >= 0.6 is 0 Å². The summed E-state index contributed by atoms with van der Waals surface area (Å²) in [6.07, 6.45) is 3.25. The summed E-state index contributed by atoms with van der Waals surface area (Å²) >= 11 is 0.